The number of aliphatic hydroxyl groups excluding tert-OH is 1. The van der Waals surface area contributed by atoms with Gasteiger partial charge >= 0.3 is 0 Å². The summed E-state index contributed by atoms with van der Waals surface area (Å²) in [4.78, 5) is 4.58. The molecule has 1 N–H and O–H groups in total. The fourth-order valence-corrected chi connectivity index (χ4v) is 3.19. The van der Waals surface area contributed by atoms with Gasteiger partial charge in [-0.3, -0.25) is 0 Å². The third-order valence-electron chi connectivity index (χ3n) is 4.13. The third kappa shape index (κ3) is 1.37. The van der Waals surface area contributed by atoms with Crippen LogP contribution in [0.1, 0.15) is 41.6 Å². The molecule has 0 radical (unpaired) electrons. The number of aryl methyl sites for hydroxylation is 1. The lowest BCUT2D eigenvalue weighted by Crippen LogP contribution is -2.38. The molecule has 0 amide bonds. The molecule has 4 heteroatoms. The lowest BCUT2D eigenvalue weighted by molar-refractivity contribution is -0.604. The van der Waals surface area contributed by atoms with Crippen LogP contribution < -0.4 is 4.73 Å². The molecule has 0 unspecified atom stereocenters. The van der Waals surface area contributed by atoms with Crippen molar-refractivity contribution < 1.29 is 9.84 Å². The van der Waals surface area contributed by atoms with Gasteiger partial charge in [0.15, 0.2) is 0 Å². The van der Waals surface area contributed by atoms with Gasteiger partial charge in [0, 0.05) is 12.0 Å². The first-order valence-corrected chi connectivity index (χ1v) is 6.70. The molecule has 4 nitrogen and oxygen atoms in total. The van der Waals surface area contributed by atoms with Crippen LogP contribution in [0.2, 0.25) is 0 Å². The minimum absolute atomic E-state index is 0.525. The van der Waals surface area contributed by atoms with E-state index in [9.17, 15) is 10.3 Å². The van der Waals surface area contributed by atoms with Crippen LogP contribution in [0, 0.1) is 5.21 Å². The zero-order valence-corrected chi connectivity index (χ0v) is 10.5. The Hall–Kier alpha value is -1.94. The molecule has 0 aliphatic heterocycles. The Kier molecular flexibility index (Phi) is 2.17. The van der Waals surface area contributed by atoms with E-state index in [1.807, 2.05) is 24.3 Å². The Bertz CT molecular complexity index is 682. The molecular formula is C15H14N2O2. The van der Waals surface area contributed by atoms with E-state index >= 15 is 0 Å². The van der Waals surface area contributed by atoms with Crippen LogP contribution in [0.3, 0.4) is 0 Å². The number of nitrogens with zero attached hydrogens (tertiary/aromatic N) is 2. The average molecular weight is 254 g/mol. The van der Waals surface area contributed by atoms with Crippen molar-refractivity contribution in [3.8, 4) is 11.3 Å². The highest BCUT2D eigenvalue weighted by atomic mass is 16.5. The standard InChI is InChI=1S/C15H14N2O2/c18-15-10-6-2-1-5-9(10)14-13(15)16-11-7-3-4-8-12(11)17(14)19/h1-2,5-6,15,18H,3-4,7-8H2/t15-/m1/s1. The van der Waals surface area contributed by atoms with Crippen molar-refractivity contribution in [3.05, 3.63) is 52.1 Å². The number of aliphatic hydroxyl groups is 1. The van der Waals surface area contributed by atoms with Gasteiger partial charge in [-0.1, -0.05) is 18.2 Å². The summed E-state index contributed by atoms with van der Waals surface area (Å²) in [6.07, 6.45) is 2.98. The number of hydrogen-bond donors (Lipinski definition) is 1. The summed E-state index contributed by atoms with van der Waals surface area (Å²) < 4.78 is 1.01. The van der Waals surface area contributed by atoms with Crippen molar-refractivity contribution in [2.24, 2.45) is 0 Å². The van der Waals surface area contributed by atoms with E-state index < -0.39 is 6.10 Å². The fourth-order valence-electron chi connectivity index (χ4n) is 3.19. The minimum atomic E-state index is -0.765. The van der Waals surface area contributed by atoms with E-state index in [1.54, 1.807) is 0 Å². The summed E-state index contributed by atoms with van der Waals surface area (Å²) in [5.74, 6) is 0. The summed E-state index contributed by atoms with van der Waals surface area (Å²) >= 11 is 0. The second-order valence-corrected chi connectivity index (χ2v) is 5.23. The van der Waals surface area contributed by atoms with Crippen LogP contribution in [0.5, 0.6) is 0 Å². The molecule has 2 aliphatic rings. The summed E-state index contributed by atoms with van der Waals surface area (Å²) in [7, 11) is 0. The molecule has 1 atom stereocenters. The maximum absolute atomic E-state index is 12.6. The van der Waals surface area contributed by atoms with Crippen molar-refractivity contribution in [2.45, 2.75) is 31.8 Å². The summed E-state index contributed by atoms with van der Waals surface area (Å²) in [6.45, 7) is 0. The summed E-state index contributed by atoms with van der Waals surface area (Å²) in [5, 5.41) is 22.9. The Morgan fingerprint density at radius 2 is 2.00 bits per heavy atom. The van der Waals surface area contributed by atoms with Crippen LogP contribution in [0.15, 0.2) is 24.3 Å². The summed E-state index contributed by atoms with van der Waals surface area (Å²) in [5.41, 5.74) is 4.33. The van der Waals surface area contributed by atoms with Crippen molar-refractivity contribution in [3.63, 3.8) is 0 Å². The van der Waals surface area contributed by atoms with E-state index in [2.05, 4.69) is 4.98 Å². The van der Waals surface area contributed by atoms with Crippen LogP contribution in [-0.4, -0.2) is 10.1 Å². The highest BCUT2D eigenvalue weighted by molar-refractivity contribution is 5.71. The number of fused-ring (bicyclic) bond motifs is 4. The van der Waals surface area contributed by atoms with Gasteiger partial charge in [-0.05, 0) is 25.3 Å². The molecule has 2 aromatic rings. The lowest BCUT2D eigenvalue weighted by atomic mass is 9.99. The predicted molar refractivity (Wildman–Crippen MR) is 69.3 cm³/mol. The highest BCUT2D eigenvalue weighted by Gasteiger charge is 2.37. The van der Waals surface area contributed by atoms with Gasteiger partial charge < -0.3 is 10.3 Å². The Morgan fingerprint density at radius 1 is 1.21 bits per heavy atom. The number of benzene rings is 1. The van der Waals surface area contributed by atoms with Gasteiger partial charge in [0.1, 0.15) is 17.5 Å². The number of rotatable bonds is 0. The first kappa shape index (κ1) is 10.9. The van der Waals surface area contributed by atoms with Gasteiger partial charge in [0.25, 0.3) is 0 Å². The quantitative estimate of drug-likeness (QED) is 0.574. The SMILES string of the molecule is [O-][n+]1c2c(nc3c1-c1ccccc1[C@H]3O)CCCC2. The molecular weight excluding hydrogens is 240 g/mol. The molecule has 0 bridgehead atoms. The van der Waals surface area contributed by atoms with Crippen molar-refractivity contribution >= 4 is 0 Å². The van der Waals surface area contributed by atoms with E-state index in [0.29, 0.717) is 11.4 Å². The second kappa shape index (κ2) is 3.78. The van der Waals surface area contributed by atoms with Gasteiger partial charge in [-0.25, -0.2) is 4.98 Å². The first-order valence-electron chi connectivity index (χ1n) is 6.70. The first-order chi connectivity index (χ1) is 9.27. The van der Waals surface area contributed by atoms with E-state index in [-0.39, 0.29) is 0 Å². The van der Waals surface area contributed by atoms with Gasteiger partial charge in [-0.2, -0.15) is 4.73 Å². The van der Waals surface area contributed by atoms with E-state index in [4.69, 9.17) is 0 Å². The molecule has 2 aliphatic carbocycles. The van der Waals surface area contributed by atoms with Gasteiger partial charge in [-0.15, -0.1) is 0 Å². The van der Waals surface area contributed by atoms with Crippen molar-refractivity contribution in [2.75, 3.05) is 0 Å². The van der Waals surface area contributed by atoms with Crippen LogP contribution >= 0.6 is 0 Å². The predicted octanol–water partition coefficient (Wildman–Crippen LogP) is 1.66. The Morgan fingerprint density at radius 3 is 2.89 bits per heavy atom. The molecule has 0 spiro atoms. The van der Waals surface area contributed by atoms with E-state index in [1.165, 1.54) is 0 Å². The molecule has 0 fully saturated rings. The van der Waals surface area contributed by atoms with E-state index in [0.717, 1.165) is 52.9 Å². The molecule has 0 saturated carbocycles. The monoisotopic (exact) mass is 254 g/mol. The molecule has 96 valence electrons. The van der Waals surface area contributed by atoms with Crippen LogP contribution in [0.25, 0.3) is 11.3 Å². The molecule has 1 heterocycles. The minimum Gasteiger partial charge on any atom is -0.618 e. The van der Waals surface area contributed by atoms with Crippen molar-refractivity contribution in [1.29, 1.82) is 0 Å². The Balaban J connectivity index is 2.04. The average Bonchev–Trinajstić information content (AvgIpc) is 2.74. The van der Waals surface area contributed by atoms with Crippen molar-refractivity contribution in [1.82, 2.24) is 4.98 Å². The maximum Gasteiger partial charge on any atom is 0.249 e. The Labute approximate surface area is 110 Å². The largest absolute Gasteiger partial charge is 0.618 e. The van der Waals surface area contributed by atoms with Crippen LogP contribution in [-0.2, 0) is 12.8 Å². The molecule has 1 aromatic heterocycles. The smallest absolute Gasteiger partial charge is 0.249 e. The third-order valence-corrected chi connectivity index (χ3v) is 4.13. The summed E-state index contributed by atoms with van der Waals surface area (Å²) in [6, 6.07) is 7.51. The molecule has 4 rings (SSSR count). The zero-order chi connectivity index (χ0) is 13.0. The highest BCUT2D eigenvalue weighted by Crippen LogP contribution is 2.40. The fraction of sp³-hybridized carbons (Fsp3) is 0.333. The molecule has 1 aromatic carbocycles. The maximum atomic E-state index is 12.6. The van der Waals surface area contributed by atoms with Gasteiger partial charge in [0.2, 0.25) is 11.4 Å². The molecule has 0 saturated heterocycles. The normalized spacial score (nSPS) is 19.7. The van der Waals surface area contributed by atoms with Gasteiger partial charge in [0.05, 0.1) is 5.56 Å². The molecule has 19 heavy (non-hydrogen) atoms. The zero-order valence-electron chi connectivity index (χ0n) is 10.5. The van der Waals surface area contributed by atoms with Crippen LogP contribution in [0.4, 0.5) is 0 Å². The number of aromatic nitrogens is 2. The lowest BCUT2D eigenvalue weighted by Gasteiger charge is -2.16. The topological polar surface area (TPSA) is 60.1 Å². The number of hydrogen-bond acceptors (Lipinski definition) is 3. The second-order valence-electron chi connectivity index (χ2n) is 5.23.